The summed E-state index contributed by atoms with van der Waals surface area (Å²) >= 11 is 8.66. The molecule has 2 nitrogen and oxygen atoms in total. The van der Waals surface area contributed by atoms with Gasteiger partial charge >= 0.3 is 0 Å². The van der Waals surface area contributed by atoms with Crippen LogP contribution in [0.4, 0.5) is 34.1 Å². The summed E-state index contributed by atoms with van der Waals surface area (Å²) in [5, 5.41) is 0.687. The van der Waals surface area contributed by atoms with Gasteiger partial charge in [0.25, 0.3) is 0 Å². The number of anilines is 6. The summed E-state index contributed by atoms with van der Waals surface area (Å²) in [6.45, 7) is 2.26. The molecule has 0 saturated carbocycles. The van der Waals surface area contributed by atoms with Crippen LogP contribution >= 0.6 is 11.6 Å². The molecule has 13 aromatic rings. The van der Waals surface area contributed by atoms with Gasteiger partial charge in [-0.25, -0.2) is 0 Å². The average Bonchev–Trinajstić information content (AvgIpc) is 0.972. The van der Waals surface area contributed by atoms with Crippen LogP contribution in [0.3, 0.4) is 0 Å². The third-order valence-electron chi connectivity index (χ3n) is 22.3. The number of rotatable bonds is 6. The van der Waals surface area contributed by atoms with E-state index in [0.29, 0.717) is 5.02 Å². The smallest absolute Gasteiger partial charge is 0.0887 e. The van der Waals surface area contributed by atoms with Crippen molar-refractivity contribution in [2.24, 2.45) is 0 Å². The molecule has 12 aliphatic carbocycles. The lowest BCUT2D eigenvalue weighted by Crippen LogP contribution is -2.28. The van der Waals surface area contributed by atoms with E-state index >= 15 is 0 Å². The number of nitrogens with zero attached hydrogens (tertiary/aromatic N) is 2. The minimum Gasteiger partial charge on any atom is -0.309 e. The van der Waals surface area contributed by atoms with Gasteiger partial charge in [-0.3, -0.25) is 0 Å². The molecule has 4 atom stereocenters. The molecule has 0 heterocycles. The maximum atomic E-state index is 8.66. The van der Waals surface area contributed by atoms with Gasteiger partial charge in [-0.15, -0.1) is 0 Å². The number of hydrogen-bond acceptors (Lipinski definition) is 2. The monoisotopic (exact) mass is 1160 g/mol. The molecule has 13 aromatic carbocycles. The molecule has 0 amide bonds. The molecule has 0 radical (unpaired) electrons. The molecule has 0 aromatic heterocycles. The third-order valence-corrected chi connectivity index (χ3v) is 22.7. The summed E-state index contributed by atoms with van der Waals surface area (Å²) in [6.07, 6.45) is 0. The van der Waals surface area contributed by atoms with Gasteiger partial charge in [-0.2, -0.15) is 0 Å². The van der Waals surface area contributed by atoms with Crippen molar-refractivity contribution in [1.82, 2.24) is 0 Å². The number of aryl methyl sites for hydroxylation is 1. The van der Waals surface area contributed by atoms with Gasteiger partial charge in [0.05, 0.1) is 16.4 Å². The Morgan fingerprint density at radius 3 is 0.700 bits per heavy atom. The highest BCUT2D eigenvalue weighted by Crippen LogP contribution is 2.62. The van der Waals surface area contributed by atoms with E-state index < -0.39 is 0 Å². The summed E-state index contributed by atoms with van der Waals surface area (Å²) in [7, 11) is 0. The highest BCUT2D eigenvalue weighted by Gasteiger charge is 2.45. The van der Waals surface area contributed by atoms with E-state index in [0.717, 1.165) is 39.7 Å². The van der Waals surface area contributed by atoms with E-state index in [1.807, 2.05) is 0 Å². The van der Waals surface area contributed by atoms with Gasteiger partial charge in [-0.1, -0.05) is 230 Å². The van der Waals surface area contributed by atoms with Crippen LogP contribution in [0.15, 0.2) is 279 Å². The van der Waals surface area contributed by atoms with Crippen molar-refractivity contribution in [1.29, 1.82) is 0 Å². The van der Waals surface area contributed by atoms with Crippen LogP contribution in [0, 0.1) is 6.92 Å². The topological polar surface area (TPSA) is 6.48 Å². The van der Waals surface area contributed by atoms with Crippen molar-refractivity contribution in [2.45, 2.75) is 54.3 Å². The average molecular weight is 1170 g/mol. The number of benzene rings is 13. The Morgan fingerprint density at radius 1 is 0.211 bits per heavy atom. The van der Waals surface area contributed by atoms with Crippen LogP contribution in [-0.4, -0.2) is 0 Å². The zero-order valence-electron chi connectivity index (χ0n) is 49.4. The number of hydrogen-bond donors (Lipinski definition) is 0. The molecule has 0 saturated heterocycles. The van der Waals surface area contributed by atoms with E-state index in [1.54, 1.807) is 0 Å². The van der Waals surface area contributed by atoms with Crippen LogP contribution < -0.4 is 9.80 Å². The lowest BCUT2D eigenvalue weighted by atomic mass is 9.61. The largest absolute Gasteiger partial charge is 0.309 e. The third kappa shape index (κ3) is 6.58. The highest BCUT2D eigenvalue weighted by molar-refractivity contribution is 6.36. The summed E-state index contributed by atoms with van der Waals surface area (Å²) in [4.78, 5) is 5.02. The zero-order chi connectivity index (χ0) is 58.8. The minimum atomic E-state index is 0.0821. The first kappa shape index (κ1) is 49.7. The van der Waals surface area contributed by atoms with Crippen molar-refractivity contribution in [2.75, 3.05) is 9.80 Å². The Morgan fingerprint density at radius 2 is 0.422 bits per heavy atom. The highest BCUT2D eigenvalue weighted by atomic mass is 35.5. The van der Waals surface area contributed by atoms with E-state index in [4.69, 9.17) is 11.6 Å². The fraction of sp³-hybridized carbons (Fsp3) is 0.103. The Labute approximate surface area is 529 Å². The van der Waals surface area contributed by atoms with Crippen molar-refractivity contribution < 1.29 is 0 Å². The molecule has 0 spiro atoms. The normalized spacial score (nSPS) is 20.6. The first-order chi connectivity index (χ1) is 44.5. The van der Waals surface area contributed by atoms with Gasteiger partial charge in [0.15, 0.2) is 0 Å². The Bertz CT molecular complexity index is 4920. The van der Waals surface area contributed by atoms with Gasteiger partial charge in [0, 0.05) is 70.1 Å². The Balaban J connectivity index is 0.801. The van der Waals surface area contributed by atoms with Crippen molar-refractivity contribution in [3.63, 3.8) is 0 Å². The first-order valence-corrected chi connectivity index (χ1v) is 32.6. The van der Waals surface area contributed by atoms with Crippen molar-refractivity contribution in [3.05, 3.63) is 423 Å². The van der Waals surface area contributed by atoms with Crippen molar-refractivity contribution in [3.8, 4) is 0 Å². The molecule has 12 aliphatic rings. The predicted molar refractivity (Wildman–Crippen MR) is 365 cm³/mol. The Hall–Kier alpha value is -10.3. The molecule has 12 bridgehead atoms. The molecule has 3 unspecified atom stereocenters. The second kappa shape index (κ2) is 18.2. The SMILES string of the molecule is Cc1cc(N(c2ccc3c(c2)C2c4cccc(c4)C3c3ccccc32)c2ccc3c(c2)C2c4ccccc4C3c3ccccc32)c(Cl)c(N(c2ccc3c(c2)C2c4ccccc4C3c3ccccc32)c2ccc3c(c2)[C@H]2c4cccc(c4)C3c3ccccc32)c1. The molecule has 0 N–H and O–H groups in total. The molecule has 0 aliphatic heterocycles. The van der Waals surface area contributed by atoms with E-state index in [1.165, 1.54) is 134 Å². The van der Waals surface area contributed by atoms with Crippen LogP contribution in [0.5, 0.6) is 0 Å². The number of halogens is 1. The predicted octanol–water partition coefficient (Wildman–Crippen LogP) is 21.5. The lowest BCUT2D eigenvalue weighted by Gasteiger charge is -2.43. The second-order valence-corrected chi connectivity index (χ2v) is 27.0. The quantitative estimate of drug-likeness (QED) is 0.164. The summed E-state index contributed by atoms with van der Waals surface area (Å²) in [6, 6.07) is 108. The van der Waals surface area contributed by atoms with Crippen LogP contribution in [0.1, 0.15) is 186 Å². The van der Waals surface area contributed by atoms with Gasteiger partial charge in [-0.05, 0) is 207 Å². The maximum absolute atomic E-state index is 8.66. The van der Waals surface area contributed by atoms with E-state index in [9.17, 15) is 0 Å². The van der Waals surface area contributed by atoms with Gasteiger partial charge < -0.3 is 9.80 Å². The Kier molecular flexibility index (Phi) is 10.0. The van der Waals surface area contributed by atoms with Crippen LogP contribution in [0.25, 0.3) is 0 Å². The molecule has 25 rings (SSSR count). The summed E-state index contributed by atoms with van der Waals surface area (Å²) in [5.41, 5.74) is 40.6. The second-order valence-electron chi connectivity index (χ2n) is 26.6. The van der Waals surface area contributed by atoms with Crippen molar-refractivity contribution >= 4 is 45.7 Å². The van der Waals surface area contributed by atoms with E-state index in [-0.39, 0.29) is 47.3 Å². The molecule has 3 heteroatoms. The first-order valence-electron chi connectivity index (χ1n) is 32.2. The lowest BCUT2D eigenvalue weighted by molar-refractivity contribution is 0.754. The molecule has 90 heavy (non-hydrogen) atoms. The van der Waals surface area contributed by atoms with Gasteiger partial charge in [0.2, 0.25) is 0 Å². The maximum Gasteiger partial charge on any atom is 0.0887 e. The summed E-state index contributed by atoms with van der Waals surface area (Å²) in [5.74, 6) is 0.949. The van der Waals surface area contributed by atoms with E-state index in [2.05, 4.69) is 296 Å². The zero-order valence-corrected chi connectivity index (χ0v) is 50.2. The molecular formula is C87H57ClN2. The summed E-state index contributed by atoms with van der Waals surface area (Å²) < 4.78 is 0. The molecule has 422 valence electrons. The van der Waals surface area contributed by atoms with Gasteiger partial charge in [0.1, 0.15) is 0 Å². The van der Waals surface area contributed by atoms with Crippen LogP contribution in [0.2, 0.25) is 5.02 Å². The molecular weight excluding hydrogens is 1110 g/mol. The molecule has 0 fully saturated rings. The van der Waals surface area contributed by atoms with Crippen LogP contribution in [-0.2, 0) is 0 Å². The standard InChI is InChI=1S/C87H57ClN2/c1-48-40-77(89(53-32-36-69-73(44-53)81-51-18-14-16-49(42-51)79(69)57-20-2-4-22-59(57)81)55-34-38-71-75(46-55)85-65-28-10-6-24-61(65)83(71)62-25-7-11-29-66(62)85)87(88)78(41-48)90(54-33-37-70-74(45-54)82-52-19-15-17-50(43-52)80(70)58-21-3-5-23-60(58)82)56-35-39-72-76(47-56)86-67-30-12-8-26-63(67)84(72)64-27-9-13-31-68(64)86/h2-47,79-86H,1H3/t79?,80?,81-,82?,83?,84?,85?,86?/m0/s1. The fourth-order valence-electron chi connectivity index (χ4n) is 18.9. The fourth-order valence-corrected chi connectivity index (χ4v) is 19.2. The minimum absolute atomic E-state index is 0.0821.